The van der Waals surface area contributed by atoms with E-state index in [0.717, 1.165) is 19.3 Å². The summed E-state index contributed by atoms with van der Waals surface area (Å²) < 4.78 is 23.4. The zero-order chi connectivity index (χ0) is 16.0. The summed E-state index contributed by atoms with van der Waals surface area (Å²) in [7, 11) is 0.644. The Morgan fingerprint density at radius 2 is 1.71 bits per heavy atom. The molecule has 21 heavy (non-hydrogen) atoms. The molecule has 0 aliphatic carbocycles. The summed E-state index contributed by atoms with van der Waals surface area (Å²) in [5.41, 5.74) is 0. The summed E-state index contributed by atoms with van der Waals surface area (Å²) in [6, 6.07) is 0. The Bertz CT molecular complexity index is 306. The highest BCUT2D eigenvalue weighted by molar-refractivity contribution is 8.48. The molecule has 1 fully saturated rings. The first kappa shape index (κ1) is 19.8. The molecule has 124 valence electrons. The van der Waals surface area contributed by atoms with Gasteiger partial charge in [-0.05, 0) is 50.6 Å². The fourth-order valence-corrected chi connectivity index (χ4v) is 7.39. The molecular weight excluding hydrogens is 322 g/mol. The molecular formula is C15H30O3P2S. The van der Waals surface area contributed by atoms with Crippen molar-refractivity contribution in [1.82, 2.24) is 0 Å². The molecule has 0 aromatic heterocycles. The summed E-state index contributed by atoms with van der Waals surface area (Å²) in [6.07, 6.45) is 2.71. The summed E-state index contributed by atoms with van der Waals surface area (Å²) in [4.78, 5) is 0. The van der Waals surface area contributed by atoms with E-state index in [9.17, 15) is 4.57 Å². The topological polar surface area (TPSA) is 35.5 Å². The Labute approximate surface area is 137 Å². The summed E-state index contributed by atoms with van der Waals surface area (Å²) >= 11 is 1.42. The Morgan fingerprint density at radius 1 is 1.10 bits per heavy atom. The first-order valence-electron chi connectivity index (χ1n) is 7.88. The SMILES string of the molecule is CC(C)CC1OC(CC(C)C)PC(CC(C)C)(SP=O)O1. The highest BCUT2D eigenvalue weighted by atomic mass is 32.7. The molecule has 0 aromatic rings. The second-order valence-electron chi connectivity index (χ2n) is 7.09. The van der Waals surface area contributed by atoms with Crippen molar-refractivity contribution < 1.29 is 14.0 Å². The minimum absolute atomic E-state index is 0.104. The Hall–Kier alpha value is 0.800. The quantitative estimate of drug-likeness (QED) is 0.495. The van der Waals surface area contributed by atoms with Gasteiger partial charge >= 0.3 is 0 Å². The molecule has 4 unspecified atom stereocenters. The minimum atomic E-state index is -0.338. The van der Waals surface area contributed by atoms with Gasteiger partial charge in [-0.3, -0.25) is 4.57 Å². The van der Waals surface area contributed by atoms with Gasteiger partial charge in [0.15, 0.2) is 6.29 Å². The third-order valence-electron chi connectivity index (χ3n) is 3.23. The highest BCUT2D eigenvalue weighted by Gasteiger charge is 2.44. The van der Waals surface area contributed by atoms with Crippen LogP contribution in [0.4, 0.5) is 0 Å². The summed E-state index contributed by atoms with van der Waals surface area (Å²) in [5.74, 6) is 1.88. The average molecular weight is 352 g/mol. The van der Waals surface area contributed by atoms with Crippen LogP contribution < -0.4 is 0 Å². The molecule has 0 bridgehead atoms. The van der Waals surface area contributed by atoms with Gasteiger partial charge in [-0.2, -0.15) is 0 Å². The van der Waals surface area contributed by atoms with Crippen LogP contribution in [-0.2, 0) is 14.0 Å². The van der Waals surface area contributed by atoms with E-state index in [0.29, 0.717) is 26.3 Å². The lowest BCUT2D eigenvalue weighted by atomic mass is 10.1. The van der Waals surface area contributed by atoms with Gasteiger partial charge in [-0.25, -0.2) is 0 Å². The lowest BCUT2D eigenvalue weighted by molar-refractivity contribution is -0.196. The van der Waals surface area contributed by atoms with Crippen molar-refractivity contribution in [3.05, 3.63) is 0 Å². The third kappa shape index (κ3) is 7.27. The zero-order valence-electron chi connectivity index (χ0n) is 14.1. The van der Waals surface area contributed by atoms with E-state index >= 15 is 0 Å². The first-order chi connectivity index (χ1) is 9.76. The molecule has 1 saturated heterocycles. The first-order valence-corrected chi connectivity index (χ1v) is 11.2. The second-order valence-corrected chi connectivity index (χ2v) is 11.2. The smallest absolute Gasteiger partial charge is 0.230 e. The minimum Gasteiger partial charge on any atom is -0.345 e. The van der Waals surface area contributed by atoms with Crippen LogP contribution in [-0.4, -0.2) is 16.8 Å². The van der Waals surface area contributed by atoms with E-state index in [1.807, 2.05) is 0 Å². The number of ether oxygens (including phenoxy) is 2. The van der Waals surface area contributed by atoms with Crippen molar-refractivity contribution in [3.63, 3.8) is 0 Å². The fourth-order valence-electron chi connectivity index (χ4n) is 2.56. The molecule has 0 radical (unpaired) electrons. The standard InChI is InChI=1S/C15H30O3P2S/c1-10(2)7-13-17-14(8-11(3)4)19-15(18-13,21-20-16)9-12(5)6/h10-14,19H,7-9H2,1-6H3. The van der Waals surface area contributed by atoms with E-state index in [1.165, 1.54) is 11.4 Å². The van der Waals surface area contributed by atoms with Crippen LogP contribution in [0.2, 0.25) is 0 Å². The predicted octanol–water partition coefficient (Wildman–Crippen LogP) is 6.10. The van der Waals surface area contributed by atoms with Crippen molar-refractivity contribution in [2.45, 2.75) is 77.6 Å². The van der Waals surface area contributed by atoms with Gasteiger partial charge in [-0.1, -0.05) is 41.5 Å². The third-order valence-corrected chi connectivity index (χ3v) is 7.60. The molecule has 0 N–H and O–H groups in total. The van der Waals surface area contributed by atoms with E-state index in [4.69, 9.17) is 9.47 Å². The van der Waals surface area contributed by atoms with Crippen LogP contribution in [0.25, 0.3) is 0 Å². The molecule has 3 nitrogen and oxygen atoms in total. The van der Waals surface area contributed by atoms with Crippen LogP contribution in [0.3, 0.4) is 0 Å². The average Bonchev–Trinajstić information content (AvgIpc) is 2.24. The van der Waals surface area contributed by atoms with Crippen LogP contribution in [0.15, 0.2) is 0 Å². The van der Waals surface area contributed by atoms with Crippen LogP contribution in [0.1, 0.15) is 60.8 Å². The number of hydrogen-bond donors (Lipinski definition) is 0. The van der Waals surface area contributed by atoms with E-state index in [2.05, 4.69) is 41.5 Å². The van der Waals surface area contributed by atoms with Crippen molar-refractivity contribution >= 4 is 27.6 Å². The molecule has 0 spiro atoms. The van der Waals surface area contributed by atoms with Gasteiger partial charge in [0.05, 0.1) is 5.85 Å². The second kappa shape index (κ2) is 9.18. The van der Waals surface area contributed by atoms with Crippen LogP contribution in [0, 0.1) is 17.8 Å². The van der Waals surface area contributed by atoms with Crippen molar-refractivity contribution in [2.24, 2.45) is 17.8 Å². The lowest BCUT2D eigenvalue weighted by Gasteiger charge is -2.44. The molecule has 0 amide bonds. The summed E-state index contributed by atoms with van der Waals surface area (Å²) in [5, 5.41) is 0. The molecule has 0 saturated carbocycles. The number of rotatable bonds is 8. The predicted molar refractivity (Wildman–Crippen MR) is 94.4 cm³/mol. The number of hydrogen-bond acceptors (Lipinski definition) is 4. The van der Waals surface area contributed by atoms with Gasteiger partial charge < -0.3 is 9.47 Å². The maximum atomic E-state index is 11.3. The molecule has 1 aliphatic heterocycles. The van der Waals surface area contributed by atoms with Crippen molar-refractivity contribution in [2.75, 3.05) is 0 Å². The fraction of sp³-hybridized carbons (Fsp3) is 1.00. The maximum absolute atomic E-state index is 11.3. The van der Waals surface area contributed by atoms with Crippen molar-refractivity contribution in [1.29, 1.82) is 0 Å². The Kier molecular flexibility index (Phi) is 8.68. The highest BCUT2D eigenvalue weighted by Crippen LogP contribution is 2.58. The monoisotopic (exact) mass is 352 g/mol. The van der Waals surface area contributed by atoms with Gasteiger partial charge in [0.2, 0.25) is 7.66 Å². The zero-order valence-corrected chi connectivity index (χ0v) is 16.8. The maximum Gasteiger partial charge on any atom is 0.230 e. The largest absolute Gasteiger partial charge is 0.345 e. The molecule has 1 aliphatic rings. The van der Waals surface area contributed by atoms with Crippen LogP contribution >= 0.6 is 27.6 Å². The van der Waals surface area contributed by atoms with Gasteiger partial charge in [0.25, 0.3) is 0 Å². The van der Waals surface area contributed by atoms with E-state index < -0.39 is 0 Å². The molecule has 0 aromatic carbocycles. The van der Waals surface area contributed by atoms with Crippen LogP contribution in [0.5, 0.6) is 0 Å². The van der Waals surface area contributed by atoms with Gasteiger partial charge in [0, 0.05) is 6.42 Å². The molecule has 1 heterocycles. The lowest BCUT2D eigenvalue weighted by Crippen LogP contribution is -2.41. The van der Waals surface area contributed by atoms with E-state index in [1.54, 1.807) is 0 Å². The summed E-state index contributed by atoms with van der Waals surface area (Å²) in [6.45, 7) is 13.2. The van der Waals surface area contributed by atoms with Crippen molar-refractivity contribution in [3.8, 4) is 0 Å². The Balaban J connectivity index is 2.88. The molecule has 6 heteroatoms. The van der Waals surface area contributed by atoms with Gasteiger partial charge in [0.1, 0.15) is 4.67 Å². The Morgan fingerprint density at radius 3 is 2.19 bits per heavy atom. The molecule has 1 rings (SSSR count). The molecule has 4 atom stereocenters. The normalized spacial score (nSPS) is 31.9. The van der Waals surface area contributed by atoms with Gasteiger partial charge in [-0.15, -0.1) is 0 Å². The van der Waals surface area contributed by atoms with E-state index in [-0.39, 0.29) is 24.5 Å².